The van der Waals surface area contributed by atoms with Crippen molar-refractivity contribution in [2.24, 2.45) is 0 Å². The Morgan fingerprint density at radius 1 is 1.05 bits per heavy atom. The molecular formula is C16H17BrO2. The van der Waals surface area contributed by atoms with Gasteiger partial charge in [-0.1, -0.05) is 46.3 Å². The summed E-state index contributed by atoms with van der Waals surface area (Å²) < 4.78 is 6.60. The van der Waals surface area contributed by atoms with Crippen LogP contribution in [0.25, 0.3) is 0 Å². The topological polar surface area (TPSA) is 29.5 Å². The molecule has 0 aromatic heterocycles. The van der Waals surface area contributed by atoms with Crippen molar-refractivity contribution < 1.29 is 9.84 Å². The number of hydrogen-bond acceptors (Lipinski definition) is 2. The minimum atomic E-state index is 0.0157. The molecule has 2 rings (SSSR count). The Morgan fingerprint density at radius 3 is 2.58 bits per heavy atom. The molecule has 100 valence electrons. The van der Waals surface area contributed by atoms with Crippen molar-refractivity contribution in [3.05, 3.63) is 64.1 Å². The van der Waals surface area contributed by atoms with Crippen LogP contribution in [0, 0.1) is 0 Å². The molecule has 0 unspecified atom stereocenters. The third-order valence-electron chi connectivity index (χ3n) is 2.91. The summed E-state index contributed by atoms with van der Waals surface area (Å²) in [5.74, 6) is 0.806. The number of aliphatic hydroxyl groups is 1. The molecule has 0 spiro atoms. The lowest BCUT2D eigenvalue weighted by molar-refractivity contribution is 0.278. The number of aryl methyl sites for hydroxylation is 1. The van der Waals surface area contributed by atoms with Crippen molar-refractivity contribution in [2.75, 3.05) is 6.61 Å². The first-order chi connectivity index (χ1) is 9.29. The standard InChI is InChI=1S/C16H17BrO2/c17-16-9-8-15(11-14(16)12-18)19-10-4-7-13-5-2-1-3-6-13/h1-3,5-6,8-9,11,18H,4,7,10,12H2. The van der Waals surface area contributed by atoms with Gasteiger partial charge in [0.2, 0.25) is 0 Å². The maximum atomic E-state index is 9.18. The summed E-state index contributed by atoms with van der Waals surface area (Å²) in [4.78, 5) is 0. The first-order valence-corrected chi connectivity index (χ1v) is 7.15. The van der Waals surface area contributed by atoms with Crippen molar-refractivity contribution in [1.29, 1.82) is 0 Å². The van der Waals surface area contributed by atoms with Gasteiger partial charge in [0.1, 0.15) is 5.75 Å². The summed E-state index contributed by atoms with van der Waals surface area (Å²) >= 11 is 3.39. The molecule has 0 fully saturated rings. The molecular weight excluding hydrogens is 304 g/mol. The largest absolute Gasteiger partial charge is 0.494 e. The van der Waals surface area contributed by atoms with Crippen LogP contribution >= 0.6 is 15.9 Å². The van der Waals surface area contributed by atoms with Crippen LogP contribution in [0.5, 0.6) is 5.75 Å². The van der Waals surface area contributed by atoms with E-state index in [0.717, 1.165) is 28.6 Å². The predicted octanol–water partition coefficient (Wildman–Crippen LogP) is 3.95. The number of hydrogen-bond donors (Lipinski definition) is 1. The van der Waals surface area contributed by atoms with Crippen molar-refractivity contribution >= 4 is 15.9 Å². The Kier molecular flexibility index (Phi) is 5.43. The third-order valence-corrected chi connectivity index (χ3v) is 3.68. The van der Waals surface area contributed by atoms with Gasteiger partial charge in [0.05, 0.1) is 13.2 Å². The third kappa shape index (κ3) is 4.37. The van der Waals surface area contributed by atoms with Gasteiger partial charge >= 0.3 is 0 Å². The second-order valence-electron chi connectivity index (χ2n) is 4.35. The molecule has 0 radical (unpaired) electrons. The molecule has 19 heavy (non-hydrogen) atoms. The van der Waals surface area contributed by atoms with Crippen LogP contribution in [0.1, 0.15) is 17.5 Å². The van der Waals surface area contributed by atoms with Gasteiger partial charge in [0.25, 0.3) is 0 Å². The molecule has 2 aromatic rings. The smallest absolute Gasteiger partial charge is 0.119 e. The zero-order valence-corrected chi connectivity index (χ0v) is 12.3. The molecule has 0 heterocycles. The monoisotopic (exact) mass is 320 g/mol. The zero-order chi connectivity index (χ0) is 13.5. The Morgan fingerprint density at radius 2 is 1.84 bits per heavy atom. The van der Waals surface area contributed by atoms with Gasteiger partial charge in [-0.3, -0.25) is 0 Å². The lowest BCUT2D eigenvalue weighted by Crippen LogP contribution is -2.00. The number of benzene rings is 2. The molecule has 1 N–H and O–H groups in total. The van der Waals surface area contributed by atoms with Crippen LogP contribution in [0.2, 0.25) is 0 Å². The molecule has 0 saturated carbocycles. The highest BCUT2D eigenvalue weighted by Gasteiger charge is 2.01. The number of rotatable bonds is 6. The number of halogens is 1. The van der Waals surface area contributed by atoms with Gasteiger partial charge in [-0.2, -0.15) is 0 Å². The van der Waals surface area contributed by atoms with Crippen LogP contribution in [-0.4, -0.2) is 11.7 Å². The van der Waals surface area contributed by atoms with E-state index in [1.807, 2.05) is 24.3 Å². The molecule has 0 atom stereocenters. The van der Waals surface area contributed by atoms with Crippen LogP contribution in [-0.2, 0) is 13.0 Å². The van der Waals surface area contributed by atoms with Crippen LogP contribution in [0.15, 0.2) is 53.0 Å². The second-order valence-corrected chi connectivity index (χ2v) is 5.20. The van der Waals surface area contributed by atoms with Gasteiger partial charge in [0.15, 0.2) is 0 Å². The van der Waals surface area contributed by atoms with Gasteiger partial charge in [-0.05, 0) is 42.2 Å². The fourth-order valence-electron chi connectivity index (χ4n) is 1.87. The van der Waals surface area contributed by atoms with E-state index in [9.17, 15) is 5.11 Å². The van der Waals surface area contributed by atoms with E-state index >= 15 is 0 Å². The molecule has 2 nitrogen and oxygen atoms in total. The fourth-order valence-corrected chi connectivity index (χ4v) is 2.25. The Labute approximate surface area is 122 Å². The van der Waals surface area contributed by atoms with Crippen molar-refractivity contribution in [3.63, 3.8) is 0 Å². The summed E-state index contributed by atoms with van der Waals surface area (Å²) in [6.45, 7) is 0.698. The highest BCUT2D eigenvalue weighted by atomic mass is 79.9. The molecule has 0 bridgehead atoms. The highest BCUT2D eigenvalue weighted by molar-refractivity contribution is 9.10. The summed E-state index contributed by atoms with van der Waals surface area (Å²) in [5.41, 5.74) is 2.18. The molecule has 0 aliphatic rings. The maximum absolute atomic E-state index is 9.18. The lowest BCUT2D eigenvalue weighted by Gasteiger charge is -2.08. The number of ether oxygens (including phenoxy) is 1. The highest BCUT2D eigenvalue weighted by Crippen LogP contribution is 2.22. The van der Waals surface area contributed by atoms with E-state index in [1.165, 1.54) is 5.56 Å². The van der Waals surface area contributed by atoms with Crippen molar-refractivity contribution in [2.45, 2.75) is 19.4 Å². The van der Waals surface area contributed by atoms with Gasteiger partial charge in [-0.25, -0.2) is 0 Å². The predicted molar refractivity (Wildman–Crippen MR) is 80.3 cm³/mol. The Hall–Kier alpha value is -1.32. The van der Waals surface area contributed by atoms with Crippen LogP contribution in [0.4, 0.5) is 0 Å². The Balaban J connectivity index is 1.80. The fraction of sp³-hybridized carbons (Fsp3) is 0.250. The van der Waals surface area contributed by atoms with E-state index in [0.29, 0.717) is 6.61 Å². The van der Waals surface area contributed by atoms with E-state index in [1.54, 1.807) is 0 Å². The van der Waals surface area contributed by atoms with Crippen molar-refractivity contribution in [1.82, 2.24) is 0 Å². The molecule has 3 heteroatoms. The molecule has 2 aromatic carbocycles. The molecule has 0 aliphatic heterocycles. The SMILES string of the molecule is OCc1cc(OCCCc2ccccc2)ccc1Br. The van der Waals surface area contributed by atoms with Gasteiger partial charge in [-0.15, -0.1) is 0 Å². The normalized spacial score (nSPS) is 10.4. The average molecular weight is 321 g/mol. The number of aliphatic hydroxyl groups excluding tert-OH is 1. The van der Waals surface area contributed by atoms with E-state index in [-0.39, 0.29) is 6.61 Å². The van der Waals surface area contributed by atoms with Crippen LogP contribution in [0.3, 0.4) is 0 Å². The summed E-state index contributed by atoms with van der Waals surface area (Å²) in [7, 11) is 0. The molecule has 0 aliphatic carbocycles. The van der Waals surface area contributed by atoms with Crippen molar-refractivity contribution in [3.8, 4) is 5.75 Å². The minimum Gasteiger partial charge on any atom is -0.494 e. The van der Waals surface area contributed by atoms with Gasteiger partial charge in [0, 0.05) is 4.47 Å². The lowest BCUT2D eigenvalue weighted by atomic mass is 10.1. The second kappa shape index (κ2) is 7.31. The first-order valence-electron chi connectivity index (χ1n) is 6.35. The summed E-state index contributed by atoms with van der Waals surface area (Å²) in [5, 5.41) is 9.18. The summed E-state index contributed by atoms with van der Waals surface area (Å²) in [6.07, 6.45) is 2.00. The summed E-state index contributed by atoms with van der Waals surface area (Å²) in [6, 6.07) is 16.1. The quantitative estimate of drug-likeness (QED) is 0.816. The molecule has 0 saturated heterocycles. The Bertz CT molecular complexity index is 511. The first kappa shape index (κ1) is 14.1. The van der Waals surface area contributed by atoms with Gasteiger partial charge < -0.3 is 9.84 Å². The maximum Gasteiger partial charge on any atom is 0.119 e. The zero-order valence-electron chi connectivity index (χ0n) is 10.7. The molecule has 0 amide bonds. The average Bonchev–Trinajstić information content (AvgIpc) is 2.46. The van der Waals surface area contributed by atoms with Crippen LogP contribution < -0.4 is 4.74 Å². The van der Waals surface area contributed by atoms with E-state index < -0.39 is 0 Å². The minimum absolute atomic E-state index is 0.0157. The van der Waals surface area contributed by atoms with E-state index in [2.05, 4.69) is 40.2 Å². The van der Waals surface area contributed by atoms with E-state index in [4.69, 9.17) is 4.74 Å².